The Bertz CT molecular complexity index is 1600. The Morgan fingerprint density at radius 1 is 0.943 bits per heavy atom. The van der Waals surface area contributed by atoms with Crippen molar-refractivity contribution in [2.75, 3.05) is 5.32 Å². The fourth-order valence-corrected chi connectivity index (χ4v) is 4.48. The third-order valence-corrected chi connectivity index (χ3v) is 6.68. The molecule has 35 heavy (non-hydrogen) atoms. The van der Waals surface area contributed by atoms with Gasteiger partial charge in [-0.05, 0) is 62.4 Å². The lowest BCUT2D eigenvalue weighted by Crippen LogP contribution is -2.30. The number of anilines is 1. The maximum atomic E-state index is 12.9. The molecule has 9 nitrogen and oxygen atoms in total. The molecule has 2 N–H and O–H groups in total. The Hall–Kier alpha value is -4.31. The van der Waals surface area contributed by atoms with Crippen LogP contribution in [0.25, 0.3) is 11.0 Å². The van der Waals surface area contributed by atoms with Crippen molar-refractivity contribution in [3.05, 3.63) is 100.0 Å². The molecule has 4 aromatic rings. The first-order valence-corrected chi connectivity index (χ1v) is 12.2. The van der Waals surface area contributed by atoms with Crippen LogP contribution in [0.1, 0.15) is 33.3 Å². The molecular formula is C25H22N4O5S. The van der Waals surface area contributed by atoms with Crippen LogP contribution < -0.4 is 15.5 Å². The first kappa shape index (κ1) is 23.8. The summed E-state index contributed by atoms with van der Waals surface area (Å²) >= 11 is 0. The standard InChI is InChI=1S/C25H22N4O5S/c1-3-29-15-21(22(30)20-14-9-16(2)26-23(20)29)25(32)27-18-10-12-19(13-11-18)35(33,34)28-24(31)17-7-5-4-6-8-17/h4-15H,3H2,1-2H3,(H,27,32)(H,28,31). The SMILES string of the molecule is CCn1cc(C(=O)Nc2ccc(S(=O)(=O)NC(=O)c3ccccc3)cc2)c(=O)c2ccc(C)nc21. The van der Waals surface area contributed by atoms with Crippen molar-refractivity contribution in [1.29, 1.82) is 0 Å². The number of nitrogens with zero attached hydrogens (tertiary/aromatic N) is 2. The van der Waals surface area contributed by atoms with Gasteiger partial charge in [0.15, 0.2) is 0 Å². The molecule has 0 bridgehead atoms. The van der Waals surface area contributed by atoms with E-state index in [1.54, 1.807) is 34.9 Å². The number of rotatable bonds is 6. The Morgan fingerprint density at radius 3 is 2.29 bits per heavy atom. The van der Waals surface area contributed by atoms with E-state index in [9.17, 15) is 22.8 Å². The predicted octanol–water partition coefficient (Wildman–Crippen LogP) is 3.10. The van der Waals surface area contributed by atoms with E-state index in [-0.39, 0.29) is 21.7 Å². The number of carbonyl (C=O) groups is 2. The normalized spacial score (nSPS) is 11.3. The second-order valence-corrected chi connectivity index (χ2v) is 9.44. The van der Waals surface area contributed by atoms with Gasteiger partial charge in [-0.1, -0.05) is 18.2 Å². The summed E-state index contributed by atoms with van der Waals surface area (Å²) in [5.74, 6) is -1.39. The molecule has 4 rings (SSSR count). The van der Waals surface area contributed by atoms with E-state index in [1.807, 2.05) is 18.6 Å². The van der Waals surface area contributed by atoms with E-state index < -0.39 is 27.3 Å². The van der Waals surface area contributed by atoms with Gasteiger partial charge in [0.1, 0.15) is 11.2 Å². The molecule has 2 aromatic heterocycles. The van der Waals surface area contributed by atoms with Gasteiger partial charge in [-0.3, -0.25) is 14.4 Å². The van der Waals surface area contributed by atoms with Crippen molar-refractivity contribution in [2.24, 2.45) is 0 Å². The summed E-state index contributed by atoms with van der Waals surface area (Å²) in [4.78, 5) is 42.3. The number of sulfonamides is 1. The van der Waals surface area contributed by atoms with Gasteiger partial charge in [-0.25, -0.2) is 18.1 Å². The molecule has 0 saturated carbocycles. The van der Waals surface area contributed by atoms with Crippen LogP contribution >= 0.6 is 0 Å². The average Bonchev–Trinajstić information content (AvgIpc) is 2.84. The summed E-state index contributed by atoms with van der Waals surface area (Å²) in [6, 6.07) is 16.6. The smallest absolute Gasteiger partial charge is 0.264 e. The molecule has 2 amide bonds. The summed E-state index contributed by atoms with van der Waals surface area (Å²) in [5.41, 5.74) is 1.24. The van der Waals surface area contributed by atoms with Gasteiger partial charge in [-0.15, -0.1) is 0 Å². The van der Waals surface area contributed by atoms with Crippen LogP contribution in [0.4, 0.5) is 5.69 Å². The van der Waals surface area contributed by atoms with Crippen molar-refractivity contribution < 1.29 is 18.0 Å². The van der Waals surface area contributed by atoms with E-state index in [4.69, 9.17) is 0 Å². The maximum Gasteiger partial charge on any atom is 0.264 e. The van der Waals surface area contributed by atoms with Crippen LogP contribution in [-0.2, 0) is 16.6 Å². The molecule has 2 heterocycles. The number of hydrogen-bond donors (Lipinski definition) is 2. The second-order valence-electron chi connectivity index (χ2n) is 7.76. The Balaban J connectivity index is 1.55. The van der Waals surface area contributed by atoms with Crippen molar-refractivity contribution in [2.45, 2.75) is 25.3 Å². The van der Waals surface area contributed by atoms with Gasteiger partial charge in [0.25, 0.3) is 21.8 Å². The second kappa shape index (κ2) is 9.51. The number of aryl methyl sites for hydroxylation is 2. The lowest BCUT2D eigenvalue weighted by molar-refractivity contribution is 0.0979. The minimum atomic E-state index is -4.12. The molecule has 0 saturated heterocycles. The van der Waals surface area contributed by atoms with E-state index >= 15 is 0 Å². The monoisotopic (exact) mass is 490 g/mol. The number of pyridine rings is 2. The molecule has 10 heteroatoms. The highest BCUT2D eigenvalue weighted by Crippen LogP contribution is 2.16. The van der Waals surface area contributed by atoms with E-state index in [2.05, 4.69) is 10.3 Å². The van der Waals surface area contributed by atoms with Gasteiger partial charge >= 0.3 is 0 Å². The van der Waals surface area contributed by atoms with Crippen molar-refractivity contribution in [3.63, 3.8) is 0 Å². The van der Waals surface area contributed by atoms with Gasteiger partial charge < -0.3 is 9.88 Å². The van der Waals surface area contributed by atoms with Crippen LogP contribution in [0.2, 0.25) is 0 Å². The summed E-state index contributed by atoms with van der Waals surface area (Å²) in [7, 11) is -4.12. The first-order valence-electron chi connectivity index (χ1n) is 10.7. The number of aromatic nitrogens is 2. The fraction of sp³-hybridized carbons (Fsp3) is 0.120. The minimum absolute atomic E-state index is 0.0585. The molecule has 0 radical (unpaired) electrons. The van der Waals surface area contributed by atoms with Crippen LogP contribution in [0.15, 0.2) is 82.6 Å². The van der Waals surface area contributed by atoms with Crippen molar-refractivity contribution in [1.82, 2.24) is 14.3 Å². The lowest BCUT2D eigenvalue weighted by Gasteiger charge is -2.12. The van der Waals surface area contributed by atoms with E-state index in [0.29, 0.717) is 17.6 Å². The maximum absolute atomic E-state index is 12.9. The minimum Gasteiger partial charge on any atom is -0.332 e. The zero-order valence-electron chi connectivity index (χ0n) is 19.0. The third-order valence-electron chi connectivity index (χ3n) is 5.33. The van der Waals surface area contributed by atoms with Gasteiger partial charge in [0.05, 0.1) is 10.3 Å². The molecule has 0 aliphatic rings. The largest absolute Gasteiger partial charge is 0.332 e. The summed E-state index contributed by atoms with van der Waals surface area (Å²) in [6.07, 6.45) is 1.46. The Labute approximate surface area is 201 Å². The van der Waals surface area contributed by atoms with Crippen LogP contribution in [0.3, 0.4) is 0 Å². The highest BCUT2D eigenvalue weighted by Gasteiger charge is 2.20. The van der Waals surface area contributed by atoms with Gasteiger partial charge in [0.2, 0.25) is 5.43 Å². The summed E-state index contributed by atoms with van der Waals surface area (Å²) < 4.78 is 28.9. The zero-order chi connectivity index (χ0) is 25.2. The molecule has 0 aliphatic carbocycles. The molecular weight excluding hydrogens is 468 g/mol. The number of amides is 2. The number of nitrogens with one attached hydrogen (secondary N) is 2. The molecule has 178 valence electrons. The summed E-state index contributed by atoms with van der Waals surface area (Å²) in [5, 5.41) is 2.95. The van der Waals surface area contributed by atoms with Gasteiger partial charge in [0, 0.05) is 29.7 Å². The summed E-state index contributed by atoms with van der Waals surface area (Å²) in [6.45, 7) is 4.21. The Kier molecular flexibility index (Phi) is 6.48. The number of hydrogen-bond acceptors (Lipinski definition) is 6. The zero-order valence-corrected chi connectivity index (χ0v) is 19.8. The quantitative estimate of drug-likeness (QED) is 0.428. The first-order chi connectivity index (χ1) is 16.7. The topological polar surface area (TPSA) is 127 Å². The average molecular weight is 491 g/mol. The lowest BCUT2D eigenvalue weighted by atomic mass is 10.1. The van der Waals surface area contributed by atoms with Crippen LogP contribution in [0, 0.1) is 6.92 Å². The fourth-order valence-electron chi connectivity index (χ4n) is 3.51. The van der Waals surface area contributed by atoms with E-state index in [1.165, 1.54) is 42.6 Å². The molecule has 0 aliphatic heterocycles. The van der Waals surface area contributed by atoms with Crippen LogP contribution in [0.5, 0.6) is 0 Å². The number of benzene rings is 2. The molecule has 0 atom stereocenters. The highest BCUT2D eigenvalue weighted by molar-refractivity contribution is 7.90. The highest BCUT2D eigenvalue weighted by atomic mass is 32.2. The molecule has 0 spiro atoms. The predicted molar refractivity (Wildman–Crippen MR) is 132 cm³/mol. The van der Waals surface area contributed by atoms with E-state index in [0.717, 1.165) is 5.69 Å². The Morgan fingerprint density at radius 2 is 1.63 bits per heavy atom. The third kappa shape index (κ3) is 4.97. The van der Waals surface area contributed by atoms with Gasteiger partial charge in [-0.2, -0.15) is 0 Å². The van der Waals surface area contributed by atoms with Crippen LogP contribution in [-0.4, -0.2) is 29.8 Å². The molecule has 2 aromatic carbocycles. The van der Waals surface area contributed by atoms with Crippen molar-refractivity contribution in [3.8, 4) is 0 Å². The molecule has 0 unspecified atom stereocenters. The number of carbonyl (C=O) groups excluding carboxylic acids is 2. The molecule has 0 fully saturated rings. The number of fused-ring (bicyclic) bond motifs is 1. The van der Waals surface area contributed by atoms with Crippen molar-refractivity contribution >= 4 is 38.6 Å².